The number of unbranched alkanes of at least 4 members (excludes halogenated alkanes) is 2. The Hall–Kier alpha value is -3.32. The van der Waals surface area contributed by atoms with Gasteiger partial charge in [-0.05, 0) is 81.9 Å². The number of fused-ring (bicyclic) bond motifs is 1. The van der Waals surface area contributed by atoms with Gasteiger partial charge in [0.1, 0.15) is 23.4 Å². The Bertz CT molecular complexity index is 1170. The largest absolute Gasteiger partial charge is 0.507 e. The molecular formula is C30H38N2O5. The van der Waals surface area contributed by atoms with E-state index in [0.29, 0.717) is 30.9 Å². The van der Waals surface area contributed by atoms with E-state index in [1.54, 1.807) is 11.0 Å². The number of ketones is 1. The first-order valence-electron chi connectivity index (χ1n) is 13.3. The van der Waals surface area contributed by atoms with Crippen molar-refractivity contribution in [3.05, 3.63) is 64.7 Å². The lowest BCUT2D eigenvalue weighted by molar-refractivity contribution is -0.139. The van der Waals surface area contributed by atoms with Gasteiger partial charge in [0.05, 0.1) is 18.2 Å². The molecule has 1 N–H and O–H groups in total. The Morgan fingerprint density at radius 3 is 2.70 bits per heavy atom. The Balaban J connectivity index is 1.72. The van der Waals surface area contributed by atoms with Gasteiger partial charge in [-0.1, -0.05) is 31.9 Å². The van der Waals surface area contributed by atoms with E-state index in [9.17, 15) is 14.7 Å². The molecule has 0 spiro atoms. The van der Waals surface area contributed by atoms with Crippen molar-refractivity contribution in [1.29, 1.82) is 0 Å². The third-order valence-electron chi connectivity index (χ3n) is 6.90. The topological polar surface area (TPSA) is 79.3 Å². The average molecular weight is 507 g/mol. The number of carbonyl (C=O) groups is 2. The third kappa shape index (κ3) is 5.99. The Labute approximate surface area is 219 Å². The van der Waals surface area contributed by atoms with Crippen LogP contribution in [0.25, 0.3) is 5.76 Å². The molecule has 37 heavy (non-hydrogen) atoms. The molecule has 1 saturated heterocycles. The van der Waals surface area contributed by atoms with Crippen molar-refractivity contribution < 1.29 is 24.2 Å². The molecule has 1 fully saturated rings. The highest BCUT2D eigenvalue weighted by atomic mass is 16.5. The highest BCUT2D eigenvalue weighted by molar-refractivity contribution is 6.46. The highest BCUT2D eigenvalue weighted by Crippen LogP contribution is 2.41. The number of amides is 1. The normalized spacial score (nSPS) is 20.4. The van der Waals surface area contributed by atoms with Crippen LogP contribution in [0.3, 0.4) is 0 Å². The van der Waals surface area contributed by atoms with E-state index in [-0.39, 0.29) is 17.4 Å². The van der Waals surface area contributed by atoms with Crippen LogP contribution in [-0.4, -0.2) is 66.5 Å². The van der Waals surface area contributed by atoms with E-state index in [1.165, 1.54) is 0 Å². The van der Waals surface area contributed by atoms with E-state index in [1.807, 2.05) is 62.3 Å². The number of ether oxygens (including phenoxy) is 2. The number of carbonyl (C=O) groups excluding carboxylic acids is 2. The van der Waals surface area contributed by atoms with Crippen molar-refractivity contribution in [3.8, 4) is 11.5 Å². The zero-order chi connectivity index (χ0) is 26.5. The monoisotopic (exact) mass is 506 g/mol. The molecule has 2 heterocycles. The number of likely N-dealkylation sites (tertiary alicyclic amines) is 1. The van der Waals surface area contributed by atoms with Gasteiger partial charge in [-0.2, -0.15) is 0 Å². The van der Waals surface area contributed by atoms with Crippen LogP contribution in [0.5, 0.6) is 11.5 Å². The zero-order valence-electron chi connectivity index (χ0n) is 22.3. The molecule has 7 nitrogen and oxygen atoms in total. The number of aliphatic hydroxyl groups is 1. The van der Waals surface area contributed by atoms with Gasteiger partial charge < -0.3 is 24.4 Å². The molecule has 4 rings (SSSR count). The summed E-state index contributed by atoms with van der Waals surface area (Å²) in [5.74, 6) is 0.0771. The van der Waals surface area contributed by atoms with Crippen LogP contribution in [0.4, 0.5) is 0 Å². The molecule has 0 bridgehead atoms. The fourth-order valence-electron chi connectivity index (χ4n) is 5.06. The van der Waals surface area contributed by atoms with Gasteiger partial charge >= 0.3 is 0 Å². The number of hydrogen-bond donors (Lipinski definition) is 1. The summed E-state index contributed by atoms with van der Waals surface area (Å²) in [7, 11) is 3.95. The fraction of sp³-hybridized carbons (Fsp3) is 0.467. The van der Waals surface area contributed by atoms with Gasteiger partial charge in [-0.15, -0.1) is 0 Å². The Morgan fingerprint density at radius 1 is 1.14 bits per heavy atom. The zero-order valence-corrected chi connectivity index (χ0v) is 22.3. The van der Waals surface area contributed by atoms with Crippen molar-refractivity contribution in [2.75, 3.05) is 33.8 Å². The molecule has 2 atom stereocenters. The predicted octanol–water partition coefficient (Wildman–Crippen LogP) is 4.95. The van der Waals surface area contributed by atoms with Crippen LogP contribution in [-0.2, 0) is 16.0 Å². The average Bonchev–Trinajstić information content (AvgIpc) is 3.37. The summed E-state index contributed by atoms with van der Waals surface area (Å²) < 4.78 is 11.8. The van der Waals surface area contributed by atoms with E-state index >= 15 is 0 Å². The minimum absolute atomic E-state index is 0.0646. The van der Waals surface area contributed by atoms with Crippen molar-refractivity contribution in [1.82, 2.24) is 9.80 Å². The minimum Gasteiger partial charge on any atom is -0.507 e. The molecular weight excluding hydrogens is 468 g/mol. The van der Waals surface area contributed by atoms with E-state index in [4.69, 9.17) is 9.47 Å². The second-order valence-electron chi connectivity index (χ2n) is 10.2. The third-order valence-corrected chi connectivity index (χ3v) is 6.90. The second-order valence-corrected chi connectivity index (χ2v) is 10.2. The molecule has 2 aromatic rings. The number of nitrogens with zero attached hydrogens (tertiary/aromatic N) is 2. The van der Waals surface area contributed by atoms with Gasteiger partial charge in [-0.25, -0.2) is 0 Å². The van der Waals surface area contributed by atoms with E-state index in [2.05, 4.69) is 6.92 Å². The molecule has 0 unspecified atom stereocenters. The number of aliphatic hydroxyl groups excluding tert-OH is 1. The van der Waals surface area contributed by atoms with Crippen molar-refractivity contribution in [2.24, 2.45) is 0 Å². The van der Waals surface area contributed by atoms with Crippen LogP contribution in [0.15, 0.2) is 48.0 Å². The lowest BCUT2D eigenvalue weighted by atomic mass is 9.94. The summed E-state index contributed by atoms with van der Waals surface area (Å²) in [5.41, 5.74) is 2.36. The van der Waals surface area contributed by atoms with Crippen LogP contribution >= 0.6 is 0 Å². The summed E-state index contributed by atoms with van der Waals surface area (Å²) >= 11 is 0. The fourth-order valence-corrected chi connectivity index (χ4v) is 5.06. The number of Topliss-reactive ketones (excluding diaryl/α,β-unsaturated/α-hetero) is 1. The summed E-state index contributed by atoms with van der Waals surface area (Å²) in [6.45, 7) is 5.93. The SMILES string of the molecule is CCCCCOc1cccc([C@H]2/C(=C(\O)c3ccc4c(c3)C[C@@H](C)O4)C(=O)C(=O)N2CCCN(C)C)c1. The molecule has 2 aliphatic rings. The summed E-state index contributed by atoms with van der Waals surface area (Å²) in [4.78, 5) is 30.2. The van der Waals surface area contributed by atoms with Crippen molar-refractivity contribution in [2.45, 2.75) is 58.1 Å². The maximum Gasteiger partial charge on any atom is 0.295 e. The molecule has 198 valence electrons. The van der Waals surface area contributed by atoms with Crippen LogP contribution in [0.1, 0.15) is 62.3 Å². The van der Waals surface area contributed by atoms with Gasteiger partial charge in [0.2, 0.25) is 0 Å². The van der Waals surface area contributed by atoms with E-state index < -0.39 is 17.7 Å². The summed E-state index contributed by atoms with van der Waals surface area (Å²) in [6, 6.07) is 12.3. The summed E-state index contributed by atoms with van der Waals surface area (Å²) in [6.07, 6.45) is 4.67. The molecule has 0 aromatic heterocycles. The second kappa shape index (κ2) is 11.8. The number of benzene rings is 2. The number of hydrogen-bond acceptors (Lipinski definition) is 6. The van der Waals surface area contributed by atoms with E-state index in [0.717, 1.165) is 49.1 Å². The first-order valence-corrected chi connectivity index (χ1v) is 13.3. The lowest BCUT2D eigenvalue weighted by Gasteiger charge is -2.26. The molecule has 7 heteroatoms. The molecule has 0 radical (unpaired) electrons. The van der Waals surface area contributed by atoms with Gasteiger partial charge in [0.25, 0.3) is 11.7 Å². The standard InChI is InChI=1S/C30H38N2O5/c1-5-6-7-16-36-24-11-8-10-21(19-24)27-26(29(34)30(35)32(27)15-9-14-31(3)4)28(33)22-12-13-25-23(18-22)17-20(2)37-25/h8,10-13,18-20,27,33H,5-7,9,14-17H2,1-4H3/b28-26+/t20-,27+/m1/s1. The molecule has 1 amide bonds. The van der Waals surface area contributed by atoms with Crippen LogP contribution < -0.4 is 9.47 Å². The Kier molecular flexibility index (Phi) is 8.54. The molecule has 0 aliphatic carbocycles. The van der Waals surface area contributed by atoms with Gasteiger partial charge in [0.15, 0.2) is 0 Å². The van der Waals surface area contributed by atoms with Crippen LogP contribution in [0, 0.1) is 0 Å². The molecule has 0 saturated carbocycles. The first kappa shape index (κ1) is 26.7. The van der Waals surface area contributed by atoms with Gasteiger partial charge in [-0.3, -0.25) is 9.59 Å². The van der Waals surface area contributed by atoms with Gasteiger partial charge in [0, 0.05) is 18.5 Å². The van der Waals surface area contributed by atoms with Crippen molar-refractivity contribution in [3.63, 3.8) is 0 Å². The smallest absolute Gasteiger partial charge is 0.295 e. The molecule has 2 aliphatic heterocycles. The minimum atomic E-state index is -0.690. The van der Waals surface area contributed by atoms with Crippen molar-refractivity contribution >= 4 is 17.4 Å². The highest BCUT2D eigenvalue weighted by Gasteiger charge is 2.46. The summed E-state index contributed by atoms with van der Waals surface area (Å²) in [5, 5.41) is 11.4. The van der Waals surface area contributed by atoms with Crippen LogP contribution in [0.2, 0.25) is 0 Å². The first-order chi connectivity index (χ1) is 17.8. The maximum absolute atomic E-state index is 13.4. The maximum atomic E-state index is 13.4. The molecule has 2 aromatic carbocycles. The number of rotatable bonds is 11. The quantitative estimate of drug-likeness (QED) is 0.201. The Morgan fingerprint density at radius 2 is 1.95 bits per heavy atom. The predicted molar refractivity (Wildman–Crippen MR) is 144 cm³/mol. The lowest BCUT2D eigenvalue weighted by Crippen LogP contribution is -2.32.